The number of amides is 1. The van der Waals surface area contributed by atoms with Crippen LogP contribution in [0.5, 0.6) is 0 Å². The quantitative estimate of drug-likeness (QED) is 0.225. The van der Waals surface area contributed by atoms with Gasteiger partial charge >= 0.3 is 0 Å². The molecule has 0 aromatic heterocycles. The molecule has 9 heteroatoms. The van der Waals surface area contributed by atoms with E-state index in [2.05, 4.69) is 15.4 Å². The van der Waals surface area contributed by atoms with Crippen LogP contribution in [-0.2, 0) is 14.8 Å². The maximum atomic E-state index is 13.3. The van der Waals surface area contributed by atoms with Crippen molar-refractivity contribution in [3.63, 3.8) is 0 Å². The van der Waals surface area contributed by atoms with E-state index in [4.69, 9.17) is 11.1 Å². The summed E-state index contributed by atoms with van der Waals surface area (Å²) in [7, 11) is -3.90. The predicted molar refractivity (Wildman–Crippen MR) is 146 cm³/mol. The van der Waals surface area contributed by atoms with Crippen LogP contribution in [-0.4, -0.2) is 31.2 Å². The number of carbonyl (C=O) groups is 1. The summed E-state index contributed by atoms with van der Waals surface area (Å²) < 4.78 is 29.4. The minimum absolute atomic E-state index is 0.0707. The number of nitrogen functional groups attached to an aromatic ring is 1. The van der Waals surface area contributed by atoms with Crippen molar-refractivity contribution >= 4 is 33.1 Å². The van der Waals surface area contributed by atoms with E-state index in [-0.39, 0.29) is 16.6 Å². The van der Waals surface area contributed by atoms with Crippen molar-refractivity contribution in [1.29, 1.82) is 5.41 Å². The normalized spacial score (nSPS) is 12.1. The number of hydrogen-bond donors (Lipinski definition) is 5. The molecule has 0 saturated carbocycles. The van der Waals surface area contributed by atoms with Crippen molar-refractivity contribution in [2.45, 2.75) is 50.6 Å². The first kappa shape index (κ1) is 26.9. The molecular weight excluding hydrogens is 474 g/mol. The predicted octanol–water partition coefficient (Wildman–Crippen LogP) is 4.54. The molecule has 0 fully saturated rings. The van der Waals surface area contributed by atoms with E-state index in [1.165, 1.54) is 6.07 Å². The van der Waals surface area contributed by atoms with E-state index in [1.54, 1.807) is 71.0 Å². The van der Waals surface area contributed by atoms with Gasteiger partial charge in [-0.05, 0) is 64.4 Å². The Morgan fingerprint density at radius 2 is 1.53 bits per heavy atom. The van der Waals surface area contributed by atoms with Crippen molar-refractivity contribution in [3.8, 4) is 11.1 Å². The van der Waals surface area contributed by atoms with Gasteiger partial charge in [-0.25, -0.2) is 13.1 Å². The molecule has 0 bridgehead atoms. The monoisotopic (exact) mass is 507 g/mol. The average molecular weight is 508 g/mol. The lowest BCUT2D eigenvalue weighted by atomic mass is 10.0. The van der Waals surface area contributed by atoms with Gasteiger partial charge in [0, 0.05) is 28.0 Å². The van der Waals surface area contributed by atoms with Crippen LogP contribution in [0.25, 0.3) is 11.1 Å². The molecule has 0 atom stereocenters. The average Bonchev–Trinajstić information content (AvgIpc) is 2.78. The Hall–Kier alpha value is -3.69. The lowest BCUT2D eigenvalue weighted by Crippen LogP contribution is -2.44. The Kier molecular flexibility index (Phi) is 7.56. The van der Waals surface area contributed by atoms with Crippen LogP contribution in [0, 0.1) is 5.41 Å². The van der Waals surface area contributed by atoms with E-state index in [0.717, 1.165) is 5.56 Å². The van der Waals surface area contributed by atoms with Crippen LogP contribution in [0.15, 0.2) is 77.7 Å². The van der Waals surface area contributed by atoms with Gasteiger partial charge in [0.15, 0.2) is 0 Å². The van der Waals surface area contributed by atoms with Crippen LogP contribution in [0.1, 0.15) is 40.2 Å². The van der Waals surface area contributed by atoms with Gasteiger partial charge in [0.05, 0.1) is 4.90 Å². The summed E-state index contributed by atoms with van der Waals surface area (Å²) >= 11 is 0. The third-order valence-corrected chi connectivity index (χ3v) is 7.05. The Balaban J connectivity index is 1.94. The molecule has 0 aliphatic carbocycles. The fourth-order valence-corrected chi connectivity index (χ4v) is 5.28. The Morgan fingerprint density at radius 3 is 2.14 bits per heavy atom. The molecule has 0 aliphatic heterocycles. The summed E-state index contributed by atoms with van der Waals surface area (Å²) in [5.74, 6) is -0.438. The molecule has 0 spiro atoms. The summed E-state index contributed by atoms with van der Waals surface area (Å²) in [6.07, 6.45) is 0. The molecule has 6 N–H and O–H groups in total. The van der Waals surface area contributed by atoms with Crippen LogP contribution in [0.3, 0.4) is 0 Å². The Morgan fingerprint density at radius 1 is 0.861 bits per heavy atom. The van der Waals surface area contributed by atoms with Crippen LogP contribution in [0.4, 0.5) is 11.4 Å². The zero-order valence-corrected chi connectivity index (χ0v) is 22.0. The third-order valence-electron chi connectivity index (χ3n) is 5.25. The molecule has 190 valence electrons. The minimum Gasteiger partial charge on any atom is -0.384 e. The highest BCUT2D eigenvalue weighted by Crippen LogP contribution is 2.31. The van der Waals surface area contributed by atoms with Gasteiger partial charge in [0.1, 0.15) is 11.4 Å². The number of nitrogens with two attached hydrogens (primary N) is 1. The number of rotatable bonds is 8. The van der Waals surface area contributed by atoms with Gasteiger partial charge in [-0.2, -0.15) is 0 Å². The van der Waals surface area contributed by atoms with Gasteiger partial charge in [-0.1, -0.05) is 48.5 Å². The van der Waals surface area contributed by atoms with Gasteiger partial charge in [-0.3, -0.25) is 10.2 Å². The van der Waals surface area contributed by atoms with Crippen molar-refractivity contribution in [2.75, 3.05) is 10.6 Å². The molecule has 0 saturated heterocycles. The minimum atomic E-state index is -3.90. The molecule has 8 nitrogen and oxygen atoms in total. The van der Waals surface area contributed by atoms with Crippen LogP contribution >= 0.6 is 0 Å². The highest BCUT2D eigenvalue weighted by Gasteiger charge is 2.29. The fraction of sp³-hybridized carbons (Fsp3) is 0.259. The second kappa shape index (κ2) is 10.1. The highest BCUT2D eigenvalue weighted by atomic mass is 32.2. The standard InChI is InChI=1S/C27H33N5O3S/c1-26(2,3)32-36(34,35)23-17-20(14-15-22(23)18-10-7-6-8-11-18)30-25(33)27(4,5)31-21-13-9-12-19(16-21)24(28)29/h6-17,31-32H,1-5H3,(H3,28,29)(H,30,33). The summed E-state index contributed by atoms with van der Waals surface area (Å²) in [5, 5.41) is 13.6. The topological polar surface area (TPSA) is 137 Å². The van der Waals surface area contributed by atoms with Crippen molar-refractivity contribution in [1.82, 2.24) is 4.72 Å². The molecule has 3 aromatic rings. The van der Waals surface area contributed by atoms with E-state index >= 15 is 0 Å². The molecule has 0 radical (unpaired) electrons. The molecule has 3 rings (SSSR count). The Bertz CT molecular complexity index is 1380. The zero-order valence-electron chi connectivity index (χ0n) is 21.1. The summed E-state index contributed by atoms with van der Waals surface area (Å²) in [4.78, 5) is 13.3. The number of carbonyl (C=O) groups excluding carboxylic acids is 1. The van der Waals surface area contributed by atoms with Crippen LogP contribution < -0.4 is 21.1 Å². The van der Waals surface area contributed by atoms with E-state index in [0.29, 0.717) is 22.5 Å². The van der Waals surface area contributed by atoms with E-state index in [1.807, 2.05) is 30.3 Å². The summed E-state index contributed by atoms with van der Waals surface area (Å²) in [5.41, 5.74) is 6.61. The molecule has 3 aromatic carbocycles. The lowest BCUT2D eigenvalue weighted by molar-refractivity contribution is -0.119. The summed E-state index contributed by atoms with van der Waals surface area (Å²) in [6, 6.07) is 21.0. The van der Waals surface area contributed by atoms with Gasteiger partial charge < -0.3 is 16.4 Å². The van der Waals surface area contributed by atoms with Crippen molar-refractivity contribution < 1.29 is 13.2 Å². The van der Waals surface area contributed by atoms with Crippen molar-refractivity contribution in [2.24, 2.45) is 5.73 Å². The molecule has 0 unspecified atom stereocenters. The lowest BCUT2D eigenvalue weighted by Gasteiger charge is -2.27. The fourth-order valence-electron chi connectivity index (χ4n) is 3.61. The number of benzene rings is 3. The second-order valence-corrected chi connectivity index (χ2v) is 11.8. The SMILES string of the molecule is CC(C)(C)NS(=O)(=O)c1cc(NC(=O)C(C)(C)Nc2cccc(C(=N)N)c2)ccc1-c1ccccc1. The second-order valence-electron chi connectivity index (χ2n) is 10.1. The first-order chi connectivity index (χ1) is 16.7. The van der Waals surface area contributed by atoms with Gasteiger partial charge in [-0.15, -0.1) is 0 Å². The largest absolute Gasteiger partial charge is 0.384 e. The molecular formula is C27H33N5O3S. The van der Waals surface area contributed by atoms with Gasteiger partial charge in [0.25, 0.3) is 0 Å². The molecule has 0 aliphatic rings. The number of amidine groups is 1. The summed E-state index contributed by atoms with van der Waals surface area (Å²) in [6.45, 7) is 8.73. The molecule has 36 heavy (non-hydrogen) atoms. The number of hydrogen-bond acceptors (Lipinski definition) is 5. The van der Waals surface area contributed by atoms with E-state index in [9.17, 15) is 13.2 Å². The first-order valence-corrected chi connectivity index (χ1v) is 12.9. The Labute approximate surface area is 212 Å². The maximum absolute atomic E-state index is 13.3. The first-order valence-electron chi connectivity index (χ1n) is 11.5. The molecule has 1 amide bonds. The zero-order chi connectivity index (χ0) is 26.7. The van der Waals surface area contributed by atoms with Gasteiger partial charge in [0.2, 0.25) is 15.9 Å². The third kappa shape index (κ3) is 6.71. The number of nitrogens with one attached hydrogen (secondary N) is 4. The smallest absolute Gasteiger partial charge is 0.249 e. The number of sulfonamides is 1. The maximum Gasteiger partial charge on any atom is 0.249 e. The molecule has 0 heterocycles. The highest BCUT2D eigenvalue weighted by molar-refractivity contribution is 7.89. The van der Waals surface area contributed by atoms with Crippen LogP contribution in [0.2, 0.25) is 0 Å². The number of anilines is 2. The van der Waals surface area contributed by atoms with E-state index < -0.39 is 21.1 Å². The van der Waals surface area contributed by atoms with Crippen molar-refractivity contribution in [3.05, 3.63) is 78.4 Å².